The van der Waals surface area contributed by atoms with Crippen molar-refractivity contribution >= 4 is 23.2 Å². The molecule has 0 saturated heterocycles. The average Bonchev–Trinajstić information content (AvgIpc) is 2.73. The zero-order chi connectivity index (χ0) is 22.5. The van der Waals surface area contributed by atoms with Crippen LogP contribution in [0.2, 0.25) is 0 Å². The Bertz CT molecular complexity index is 1170. The summed E-state index contributed by atoms with van der Waals surface area (Å²) in [5.74, 6) is -0.400. The van der Waals surface area contributed by atoms with Gasteiger partial charge < -0.3 is 27.2 Å². The van der Waals surface area contributed by atoms with Crippen LogP contribution in [0.25, 0.3) is 11.3 Å². The second kappa shape index (κ2) is 8.99. The Morgan fingerprint density at radius 3 is 2.55 bits per heavy atom. The molecule has 2 aromatic carbocycles. The van der Waals surface area contributed by atoms with Crippen molar-refractivity contribution in [3.8, 4) is 17.0 Å². The van der Waals surface area contributed by atoms with Gasteiger partial charge in [0, 0.05) is 36.5 Å². The SMILES string of the molecule is CNc1ncc(-c2cc(N)cc(O)c2)n(CC(=O)NCc2ccc(C(=N)N)cc2)c1=O. The van der Waals surface area contributed by atoms with E-state index in [1.807, 2.05) is 0 Å². The third-order valence-corrected chi connectivity index (χ3v) is 4.58. The molecule has 0 radical (unpaired) electrons. The molecule has 1 aromatic heterocycles. The van der Waals surface area contributed by atoms with E-state index in [-0.39, 0.29) is 36.4 Å². The fourth-order valence-corrected chi connectivity index (χ4v) is 3.03. The second-order valence-corrected chi connectivity index (χ2v) is 6.83. The zero-order valence-corrected chi connectivity index (χ0v) is 16.8. The Morgan fingerprint density at radius 2 is 1.94 bits per heavy atom. The molecular formula is C21H23N7O3. The molecule has 1 heterocycles. The van der Waals surface area contributed by atoms with Crippen LogP contribution in [-0.4, -0.2) is 33.4 Å². The van der Waals surface area contributed by atoms with Crippen molar-refractivity contribution in [1.29, 1.82) is 5.41 Å². The first-order chi connectivity index (χ1) is 14.8. The minimum absolute atomic E-state index is 0.0342. The number of nitrogens with two attached hydrogens (primary N) is 2. The van der Waals surface area contributed by atoms with Crippen LogP contribution in [0.1, 0.15) is 11.1 Å². The van der Waals surface area contributed by atoms with Gasteiger partial charge in [0.05, 0.1) is 11.9 Å². The van der Waals surface area contributed by atoms with Crippen LogP contribution >= 0.6 is 0 Å². The number of amides is 1. The number of aromatic hydroxyl groups is 1. The van der Waals surface area contributed by atoms with E-state index < -0.39 is 5.56 Å². The summed E-state index contributed by atoms with van der Waals surface area (Å²) in [4.78, 5) is 29.5. The number of aromatic nitrogens is 2. The maximum Gasteiger partial charge on any atom is 0.294 e. The highest BCUT2D eigenvalue weighted by Crippen LogP contribution is 2.26. The number of benzene rings is 2. The lowest BCUT2D eigenvalue weighted by Gasteiger charge is -2.15. The first-order valence-corrected chi connectivity index (χ1v) is 9.36. The summed E-state index contributed by atoms with van der Waals surface area (Å²) in [6, 6.07) is 11.3. The number of rotatable bonds is 7. The van der Waals surface area contributed by atoms with E-state index in [2.05, 4.69) is 15.6 Å². The molecule has 10 nitrogen and oxygen atoms in total. The number of carbonyl (C=O) groups excluding carboxylic acids is 1. The van der Waals surface area contributed by atoms with Crippen molar-refractivity contribution in [2.75, 3.05) is 18.1 Å². The Hall–Kier alpha value is -4.34. The highest BCUT2D eigenvalue weighted by atomic mass is 16.3. The van der Waals surface area contributed by atoms with Gasteiger partial charge in [-0.2, -0.15) is 0 Å². The van der Waals surface area contributed by atoms with Crippen LogP contribution in [0.5, 0.6) is 5.75 Å². The molecule has 8 N–H and O–H groups in total. The zero-order valence-electron chi connectivity index (χ0n) is 16.8. The molecule has 0 saturated carbocycles. The topological polar surface area (TPSA) is 172 Å². The maximum absolute atomic E-state index is 12.8. The minimum atomic E-state index is -0.483. The second-order valence-electron chi connectivity index (χ2n) is 6.83. The fraction of sp³-hybridized carbons (Fsp3) is 0.143. The molecule has 0 aliphatic rings. The van der Waals surface area contributed by atoms with E-state index in [4.69, 9.17) is 16.9 Å². The number of carbonyl (C=O) groups is 1. The van der Waals surface area contributed by atoms with Gasteiger partial charge in [-0.05, 0) is 17.7 Å². The van der Waals surface area contributed by atoms with Crippen LogP contribution in [0.3, 0.4) is 0 Å². The lowest BCUT2D eigenvalue weighted by Crippen LogP contribution is -2.34. The van der Waals surface area contributed by atoms with E-state index in [1.165, 1.54) is 22.9 Å². The van der Waals surface area contributed by atoms with Gasteiger partial charge in [0.15, 0.2) is 5.82 Å². The van der Waals surface area contributed by atoms with Crippen LogP contribution < -0.4 is 27.7 Å². The van der Waals surface area contributed by atoms with E-state index in [0.717, 1.165) is 5.56 Å². The standard InChI is InChI=1S/C21H23N7O3/c1-25-20-21(31)28(17(10-27-20)14-6-15(22)8-16(29)7-14)11-18(30)26-9-12-2-4-13(5-3-12)19(23)24/h2-8,10,29H,9,11,22H2,1H3,(H3,23,24)(H,25,27)(H,26,30). The Labute approximate surface area is 178 Å². The van der Waals surface area contributed by atoms with E-state index in [9.17, 15) is 14.7 Å². The predicted octanol–water partition coefficient (Wildman–Crippen LogP) is 0.840. The molecule has 0 fully saturated rings. The molecule has 0 spiro atoms. The van der Waals surface area contributed by atoms with Crippen molar-refractivity contribution in [2.45, 2.75) is 13.1 Å². The number of nitrogen functional groups attached to an aromatic ring is 2. The number of amidine groups is 1. The van der Waals surface area contributed by atoms with Gasteiger partial charge >= 0.3 is 0 Å². The van der Waals surface area contributed by atoms with Gasteiger partial charge in [-0.25, -0.2) is 4.98 Å². The van der Waals surface area contributed by atoms with Crippen molar-refractivity contribution in [1.82, 2.24) is 14.9 Å². The number of hydrogen-bond donors (Lipinski definition) is 6. The molecule has 31 heavy (non-hydrogen) atoms. The van der Waals surface area contributed by atoms with Gasteiger partial charge in [-0.3, -0.25) is 19.6 Å². The molecule has 0 atom stereocenters. The van der Waals surface area contributed by atoms with Crippen molar-refractivity contribution < 1.29 is 9.90 Å². The fourth-order valence-electron chi connectivity index (χ4n) is 3.03. The van der Waals surface area contributed by atoms with Crippen LogP contribution in [0.15, 0.2) is 53.5 Å². The van der Waals surface area contributed by atoms with Gasteiger partial charge in [-0.15, -0.1) is 0 Å². The Balaban J connectivity index is 1.84. The van der Waals surface area contributed by atoms with E-state index >= 15 is 0 Å². The van der Waals surface area contributed by atoms with E-state index in [1.54, 1.807) is 37.4 Å². The van der Waals surface area contributed by atoms with Gasteiger partial charge in [-0.1, -0.05) is 24.3 Å². The largest absolute Gasteiger partial charge is 0.508 e. The van der Waals surface area contributed by atoms with E-state index in [0.29, 0.717) is 22.5 Å². The molecule has 3 aromatic rings. The number of phenols is 1. The lowest BCUT2D eigenvalue weighted by atomic mass is 10.1. The summed E-state index contributed by atoms with van der Waals surface area (Å²) in [6.07, 6.45) is 1.44. The first kappa shape index (κ1) is 21.4. The van der Waals surface area contributed by atoms with Gasteiger partial charge in [0.1, 0.15) is 18.1 Å². The monoisotopic (exact) mass is 421 g/mol. The molecule has 160 valence electrons. The first-order valence-electron chi connectivity index (χ1n) is 9.36. The van der Waals surface area contributed by atoms with Crippen molar-refractivity contribution in [2.24, 2.45) is 5.73 Å². The number of phenolic OH excluding ortho intramolecular Hbond substituents is 1. The molecular weight excluding hydrogens is 398 g/mol. The molecule has 3 rings (SSSR count). The average molecular weight is 421 g/mol. The lowest BCUT2D eigenvalue weighted by molar-refractivity contribution is -0.121. The van der Waals surface area contributed by atoms with Crippen molar-refractivity contribution in [3.63, 3.8) is 0 Å². The molecule has 0 aliphatic heterocycles. The molecule has 0 bridgehead atoms. The van der Waals surface area contributed by atoms with Crippen molar-refractivity contribution in [3.05, 3.63) is 70.1 Å². The quantitative estimate of drug-likeness (QED) is 0.186. The van der Waals surface area contributed by atoms with Crippen LogP contribution in [0, 0.1) is 5.41 Å². The maximum atomic E-state index is 12.8. The highest BCUT2D eigenvalue weighted by molar-refractivity contribution is 5.94. The smallest absolute Gasteiger partial charge is 0.294 e. The number of hydrogen-bond acceptors (Lipinski definition) is 7. The van der Waals surface area contributed by atoms with Gasteiger partial charge in [0.2, 0.25) is 5.91 Å². The molecule has 0 unspecified atom stereocenters. The summed E-state index contributed by atoms with van der Waals surface area (Å²) in [5, 5.41) is 22.7. The molecule has 1 amide bonds. The Morgan fingerprint density at radius 1 is 1.23 bits per heavy atom. The summed E-state index contributed by atoms with van der Waals surface area (Å²) in [6.45, 7) is -0.0173. The summed E-state index contributed by atoms with van der Waals surface area (Å²) in [5.41, 5.74) is 13.3. The minimum Gasteiger partial charge on any atom is -0.508 e. The van der Waals surface area contributed by atoms with Crippen LogP contribution in [-0.2, 0) is 17.9 Å². The third kappa shape index (κ3) is 4.99. The van der Waals surface area contributed by atoms with Gasteiger partial charge in [0.25, 0.3) is 5.56 Å². The number of nitrogens with one attached hydrogen (secondary N) is 3. The summed E-state index contributed by atoms with van der Waals surface area (Å²) in [7, 11) is 1.56. The number of nitrogens with zero attached hydrogens (tertiary/aromatic N) is 2. The predicted molar refractivity (Wildman–Crippen MR) is 119 cm³/mol. The van der Waals surface area contributed by atoms with Crippen LogP contribution in [0.4, 0.5) is 11.5 Å². The summed E-state index contributed by atoms with van der Waals surface area (Å²) < 4.78 is 1.27. The normalized spacial score (nSPS) is 10.5. The number of anilines is 2. The summed E-state index contributed by atoms with van der Waals surface area (Å²) >= 11 is 0. The third-order valence-electron chi connectivity index (χ3n) is 4.58. The molecule has 0 aliphatic carbocycles. The highest BCUT2D eigenvalue weighted by Gasteiger charge is 2.15. The Kier molecular flexibility index (Phi) is 6.20. The molecule has 10 heteroatoms.